The first kappa shape index (κ1) is 15.5. The highest BCUT2D eigenvalue weighted by atomic mass is 32.2. The number of benzene rings is 2. The predicted molar refractivity (Wildman–Crippen MR) is 85.4 cm³/mol. The van der Waals surface area contributed by atoms with Crippen LogP contribution in [0.25, 0.3) is 0 Å². The monoisotopic (exact) mass is 304 g/mol. The van der Waals surface area contributed by atoms with Crippen LogP contribution in [0.15, 0.2) is 53.4 Å². The summed E-state index contributed by atoms with van der Waals surface area (Å²) >= 11 is 0. The molecule has 1 atom stereocenters. The molecule has 0 fully saturated rings. The molecule has 5 heteroatoms. The van der Waals surface area contributed by atoms with E-state index in [1.165, 1.54) is 10.4 Å². The molecule has 0 bridgehead atoms. The lowest BCUT2D eigenvalue weighted by molar-refractivity contribution is 0.398. The summed E-state index contributed by atoms with van der Waals surface area (Å²) in [7, 11) is -2.04. The fraction of sp³-hybridized carbons (Fsp3) is 0.250. The van der Waals surface area contributed by atoms with Gasteiger partial charge in [0, 0.05) is 13.1 Å². The summed E-state index contributed by atoms with van der Waals surface area (Å²) in [4.78, 5) is 0.145. The number of nitrogen functional groups attached to an aromatic ring is 1. The second-order valence-electron chi connectivity index (χ2n) is 5.15. The molecular formula is C16H20N2O2S. The summed E-state index contributed by atoms with van der Waals surface area (Å²) in [6.45, 7) is 3.86. The molecule has 112 valence electrons. The van der Waals surface area contributed by atoms with Crippen molar-refractivity contribution in [1.29, 1.82) is 0 Å². The molecule has 2 aromatic rings. The van der Waals surface area contributed by atoms with E-state index in [1.807, 2.05) is 38.1 Å². The second kappa shape index (κ2) is 5.87. The second-order valence-corrected chi connectivity index (χ2v) is 7.11. The van der Waals surface area contributed by atoms with Crippen LogP contribution in [-0.2, 0) is 10.0 Å². The van der Waals surface area contributed by atoms with E-state index in [0.29, 0.717) is 0 Å². The highest BCUT2D eigenvalue weighted by molar-refractivity contribution is 7.89. The van der Waals surface area contributed by atoms with E-state index in [4.69, 9.17) is 5.73 Å². The van der Waals surface area contributed by atoms with Crippen LogP contribution in [0.5, 0.6) is 0 Å². The first-order valence-corrected chi connectivity index (χ1v) is 8.17. The van der Waals surface area contributed by atoms with Crippen LogP contribution in [0.2, 0.25) is 0 Å². The van der Waals surface area contributed by atoms with Gasteiger partial charge < -0.3 is 5.73 Å². The standard InChI is InChI=1S/C16H20N2O2S/c1-12-8-10-14(11-9-12)13(2)18(3)21(19,20)16-7-5-4-6-15(16)17/h4-11,13H,17H2,1-3H3. The smallest absolute Gasteiger partial charge is 0.245 e. The van der Waals surface area contributed by atoms with Gasteiger partial charge >= 0.3 is 0 Å². The Hall–Kier alpha value is -1.85. The van der Waals surface area contributed by atoms with Gasteiger partial charge in [0.25, 0.3) is 0 Å². The van der Waals surface area contributed by atoms with Gasteiger partial charge in [-0.15, -0.1) is 0 Å². The molecule has 0 aliphatic rings. The van der Waals surface area contributed by atoms with Crippen LogP contribution >= 0.6 is 0 Å². The predicted octanol–water partition coefficient (Wildman–Crippen LogP) is 2.96. The summed E-state index contributed by atoms with van der Waals surface area (Å²) in [6.07, 6.45) is 0. The molecule has 21 heavy (non-hydrogen) atoms. The number of para-hydroxylation sites is 1. The summed E-state index contributed by atoms with van der Waals surface area (Å²) in [5.74, 6) is 0. The number of nitrogens with two attached hydrogens (primary N) is 1. The first-order valence-electron chi connectivity index (χ1n) is 6.73. The number of rotatable bonds is 4. The molecule has 0 saturated carbocycles. The van der Waals surface area contributed by atoms with E-state index in [-0.39, 0.29) is 16.6 Å². The van der Waals surface area contributed by atoms with Crippen molar-refractivity contribution in [1.82, 2.24) is 4.31 Å². The van der Waals surface area contributed by atoms with E-state index in [2.05, 4.69) is 0 Å². The topological polar surface area (TPSA) is 63.4 Å². The largest absolute Gasteiger partial charge is 0.398 e. The van der Waals surface area contributed by atoms with Crippen molar-refractivity contribution in [3.63, 3.8) is 0 Å². The molecule has 0 aliphatic carbocycles. The van der Waals surface area contributed by atoms with E-state index < -0.39 is 10.0 Å². The highest BCUT2D eigenvalue weighted by Crippen LogP contribution is 2.28. The maximum Gasteiger partial charge on any atom is 0.245 e. The Morgan fingerprint density at radius 3 is 2.19 bits per heavy atom. The normalized spacial score (nSPS) is 13.3. The van der Waals surface area contributed by atoms with E-state index in [9.17, 15) is 8.42 Å². The minimum absolute atomic E-state index is 0.145. The van der Waals surface area contributed by atoms with Crippen LogP contribution in [0, 0.1) is 6.92 Å². The van der Waals surface area contributed by atoms with Gasteiger partial charge in [0.15, 0.2) is 0 Å². The lowest BCUT2D eigenvalue weighted by Gasteiger charge is -2.25. The number of anilines is 1. The van der Waals surface area contributed by atoms with Crippen LogP contribution in [0.4, 0.5) is 5.69 Å². The average Bonchev–Trinajstić information content (AvgIpc) is 2.46. The minimum atomic E-state index is -3.62. The highest BCUT2D eigenvalue weighted by Gasteiger charge is 2.27. The number of sulfonamides is 1. The van der Waals surface area contributed by atoms with E-state index in [1.54, 1.807) is 25.2 Å². The first-order chi connectivity index (χ1) is 9.84. The van der Waals surface area contributed by atoms with Crippen molar-refractivity contribution < 1.29 is 8.42 Å². The van der Waals surface area contributed by atoms with Gasteiger partial charge in [-0.05, 0) is 31.5 Å². The minimum Gasteiger partial charge on any atom is -0.398 e. The molecule has 0 radical (unpaired) electrons. The SMILES string of the molecule is Cc1ccc(C(C)N(C)S(=O)(=O)c2ccccc2N)cc1. The van der Waals surface area contributed by atoms with Crippen LogP contribution in [0.3, 0.4) is 0 Å². The van der Waals surface area contributed by atoms with Crippen molar-refractivity contribution in [2.75, 3.05) is 12.8 Å². The molecule has 1 unspecified atom stereocenters. The molecule has 0 amide bonds. The number of hydrogen-bond acceptors (Lipinski definition) is 3. The third-order valence-electron chi connectivity index (χ3n) is 3.68. The lowest BCUT2D eigenvalue weighted by Crippen LogP contribution is -2.30. The quantitative estimate of drug-likeness (QED) is 0.883. The summed E-state index contributed by atoms with van der Waals surface area (Å²) < 4.78 is 26.7. The zero-order chi connectivity index (χ0) is 15.6. The van der Waals surface area contributed by atoms with Gasteiger partial charge in [-0.1, -0.05) is 42.0 Å². The van der Waals surface area contributed by atoms with Gasteiger partial charge in [0.05, 0.1) is 5.69 Å². The molecule has 0 heterocycles. The van der Waals surface area contributed by atoms with Gasteiger partial charge in [-0.25, -0.2) is 8.42 Å². The summed E-state index contributed by atoms with van der Waals surface area (Å²) in [6, 6.07) is 14.1. The van der Waals surface area contributed by atoms with Crippen molar-refractivity contribution >= 4 is 15.7 Å². The Bertz CT molecular complexity index is 724. The van der Waals surface area contributed by atoms with Gasteiger partial charge in [-0.2, -0.15) is 4.31 Å². The zero-order valence-electron chi connectivity index (χ0n) is 12.4. The van der Waals surface area contributed by atoms with Crippen LogP contribution in [0.1, 0.15) is 24.1 Å². The molecule has 0 spiro atoms. The van der Waals surface area contributed by atoms with Gasteiger partial charge in [-0.3, -0.25) is 0 Å². The molecule has 2 rings (SSSR count). The maximum atomic E-state index is 12.7. The fourth-order valence-corrected chi connectivity index (χ4v) is 3.60. The fourth-order valence-electron chi connectivity index (χ4n) is 2.13. The average molecular weight is 304 g/mol. The molecule has 4 nitrogen and oxygen atoms in total. The molecular weight excluding hydrogens is 284 g/mol. The van der Waals surface area contributed by atoms with E-state index >= 15 is 0 Å². The zero-order valence-corrected chi connectivity index (χ0v) is 13.3. The third kappa shape index (κ3) is 3.09. The van der Waals surface area contributed by atoms with Crippen molar-refractivity contribution in [2.45, 2.75) is 24.8 Å². The Labute approximate surface area is 126 Å². The van der Waals surface area contributed by atoms with Crippen molar-refractivity contribution in [3.05, 3.63) is 59.7 Å². The molecule has 0 saturated heterocycles. The molecule has 0 aromatic heterocycles. The van der Waals surface area contributed by atoms with Gasteiger partial charge in [0.1, 0.15) is 4.90 Å². The van der Waals surface area contributed by atoms with Crippen LogP contribution < -0.4 is 5.73 Å². The molecule has 2 aromatic carbocycles. The Morgan fingerprint density at radius 2 is 1.62 bits per heavy atom. The van der Waals surface area contributed by atoms with E-state index in [0.717, 1.165) is 11.1 Å². The van der Waals surface area contributed by atoms with Gasteiger partial charge in [0.2, 0.25) is 10.0 Å². The Kier molecular flexibility index (Phi) is 4.34. The van der Waals surface area contributed by atoms with Crippen LogP contribution in [-0.4, -0.2) is 19.8 Å². The molecule has 2 N–H and O–H groups in total. The number of hydrogen-bond donors (Lipinski definition) is 1. The third-order valence-corrected chi connectivity index (χ3v) is 5.68. The molecule has 0 aliphatic heterocycles. The summed E-state index contributed by atoms with van der Waals surface area (Å²) in [5.41, 5.74) is 8.15. The maximum absolute atomic E-state index is 12.7. The Balaban J connectivity index is 2.36. The Morgan fingerprint density at radius 1 is 1.05 bits per heavy atom. The number of aryl methyl sites for hydroxylation is 1. The lowest BCUT2D eigenvalue weighted by atomic mass is 10.1. The van der Waals surface area contributed by atoms with Crippen molar-refractivity contribution in [2.24, 2.45) is 0 Å². The number of nitrogens with zero attached hydrogens (tertiary/aromatic N) is 1. The van der Waals surface area contributed by atoms with Crippen molar-refractivity contribution in [3.8, 4) is 0 Å². The summed E-state index contributed by atoms with van der Waals surface area (Å²) in [5, 5.41) is 0.